The van der Waals surface area contributed by atoms with Crippen molar-refractivity contribution in [2.24, 2.45) is 0 Å². The van der Waals surface area contributed by atoms with Crippen LogP contribution in [0.25, 0.3) is 0 Å². The minimum Gasteiger partial charge on any atom is -0.377 e. The van der Waals surface area contributed by atoms with Crippen LogP contribution < -0.4 is 10.9 Å². The van der Waals surface area contributed by atoms with Crippen molar-refractivity contribution in [3.05, 3.63) is 21.0 Å². The molecule has 18 heavy (non-hydrogen) atoms. The van der Waals surface area contributed by atoms with E-state index in [1.807, 2.05) is 6.92 Å². The lowest BCUT2D eigenvalue weighted by molar-refractivity contribution is 0.121. The lowest BCUT2D eigenvalue weighted by Crippen LogP contribution is -2.30. The van der Waals surface area contributed by atoms with Gasteiger partial charge in [0.25, 0.3) is 5.56 Å². The molecule has 0 bridgehead atoms. The predicted molar refractivity (Wildman–Crippen MR) is 72.5 cm³/mol. The maximum absolute atomic E-state index is 11.9. The number of ether oxygens (including phenoxy) is 1. The van der Waals surface area contributed by atoms with E-state index < -0.39 is 0 Å². The number of terminal acetylenes is 1. The normalized spacial score (nSPS) is 22.7. The van der Waals surface area contributed by atoms with Crippen molar-refractivity contribution in [3.8, 4) is 12.3 Å². The Kier molecular flexibility index (Phi) is 4.04. The van der Waals surface area contributed by atoms with Crippen LogP contribution in [0.2, 0.25) is 0 Å². The highest BCUT2D eigenvalue weighted by atomic mass is 79.9. The second-order valence-electron chi connectivity index (χ2n) is 4.15. The van der Waals surface area contributed by atoms with Crippen molar-refractivity contribution in [1.82, 2.24) is 9.78 Å². The standard InChI is InChI=1S/C12H14BrN3O2/c1-3-5-16-12(17)11(13)10(7-14-16)15-9-4-6-18-8(9)2/h1,7-9,15H,4-6H2,2H3. The zero-order valence-electron chi connectivity index (χ0n) is 10.0. The van der Waals surface area contributed by atoms with Gasteiger partial charge in [-0.3, -0.25) is 4.79 Å². The summed E-state index contributed by atoms with van der Waals surface area (Å²) in [5.74, 6) is 2.39. The predicted octanol–water partition coefficient (Wildman–Crippen LogP) is 1.23. The number of aromatic nitrogens is 2. The first-order valence-corrected chi connectivity index (χ1v) is 6.50. The van der Waals surface area contributed by atoms with E-state index in [9.17, 15) is 4.79 Å². The molecule has 0 spiro atoms. The molecule has 0 aromatic carbocycles. The van der Waals surface area contributed by atoms with Gasteiger partial charge in [0.05, 0.1) is 24.0 Å². The summed E-state index contributed by atoms with van der Waals surface area (Å²) in [6.07, 6.45) is 7.82. The van der Waals surface area contributed by atoms with E-state index in [-0.39, 0.29) is 24.2 Å². The first-order valence-electron chi connectivity index (χ1n) is 5.70. The van der Waals surface area contributed by atoms with Crippen LogP contribution in [-0.2, 0) is 11.3 Å². The van der Waals surface area contributed by atoms with E-state index in [1.165, 1.54) is 4.68 Å². The number of hydrogen-bond acceptors (Lipinski definition) is 4. The first-order chi connectivity index (χ1) is 8.63. The third-order valence-corrected chi connectivity index (χ3v) is 3.71. The van der Waals surface area contributed by atoms with Gasteiger partial charge in [0, 0.05) is 6.61 Å². The molecule has 0 saturated carbocycles. The lowest BCUT2D eigenvalue weighted by Gasteiger charge is -2.18. The van der Waals surface area contributed by atoms with Gasteiger partial charge in [-0.1, -0.05) is 5.92 Å². The number of nitrogens with one attached hydrogen (secondary N) is 1. The smallest absolute Gasteiger partial charge is 0.284 e. The van der Waals surface area contributed by atoms with Crippen LogP contribution >= 0.6 is 15.9 Å². The Bertz CT molecular complexity index is 535. The van der Waals surface area contributed by atoms with E-state index in [0.717, 1.165) is 13.0 Å². The van der Waals surface area contributed by atoms with Crippen molar-refractivity contribution < 1.29 is 4.74 Å². The highest BCUT2D eigenvalue weighted by Gasteiger charge is 2.25. The minimum atomic E-state index is -0.232. The summed E-state index contributed by atoms with van der Waals surface area (Å²) in [5, 5.41) is 7.29. The van der Waals surface area contributed by atoms with Gasteiger partial charge in [0.15, 0.2) is 0 Å². The van der Waals surface area contributed by atoms with Crippen molar-refractivity contribution in [3.63, 3.8) is 0 Å². The van der Waals surface area contributed by atoms with Crippen LogP contribution in [0.3, 0.4) is 0 Å². The molecule has 1 fully saturated rings. The number of halogens is 1. The first kappa shape index (κ1) is 13.1. The Hall–Kier alpha value is -1.32. The van der Waals surface area contributed by atoms with E-state index in [4.69, 9.17) is 11.2 Å². The highest BCUT2D eigenvalue weighted by Crippen LogP contribution is 2.22. The number of anilines is 1. The molecule has 1 aromatic heterocycles. The molecule has 5 nitrogen and oxygen atoms in total. The largest absolute Gasteiger partial charge is 0.377 e. The van der Waals surface area contributed by atoms with Crippen molar-refractivity contribution >= 4 is 21.6 Å². The van der Waals surface area contributed by atoms with Gasteiger partial charge in [-0.05, 0) is 29.3 Å². The molecule has 1 aliphatic rings. The Balaban J connectivity index is 2.22. The van der Waals surface area contributed by atoms with Crippen LogP contribution in [0.5, 0.6) is 0 Å². The zero-order valence-corrected chi connectivity index (χ0v) is 11.6. The van der Waals surface area contributed by atoms with Gasteiger partial charge in [-0.25, -0.2) is 4.68 Å². The number of rotatable bonds is 3. The molecule has 2 atom stereocenters. The van der Waals surface area contributed by atoms with Gasteiger partial charge >= 0.3 is 0 Å². The maximum Gasteiger partial charge on any atom is 0.284 e. The molecule has 0 amide bonds. The average molecular weight is 312 g/mol. The Morgan fingerprint density at radius 3 is 3.17 bits per heavy atom. The fraction of sp³-hybridized carbons (Fsp3) is 0.500. The summed E-state index contributed by atoms with van der Waals surface area (Å²) in [7, 11) is 0. The zero-order chi connectivity index (χ0) is 13.1. The second kappa shape index (κ2) is 5.55. The third-order valence-electron chi connectivity index (χ3n) is 2.94. The van der Waals surface area contributed by atoms with Crippen LogP contribution in [0.1, 0.15) is 13.3 Å². The molecular weight excluding hydrogens is 298 g/mol. The van der Waals surface area contributed by atoms with Gasteiger partial charge in [-0.2, -0.15) is 5.10 Å². The SMILES string of the molecule is C#CCn1ncc(NC2CCOC2C)c(Br)c1=O. The Morgan fingerprint density at radius 2 is 2.56 bits per heavy atom. The van der Waals surface area contributed by atoms with Crippen LogP contribution in [0.15, 0.2) is 15.5 Å². The molecule has 2 heterocycles. The van der Waals surface area contributed by atoms with E-state index in [2.05, 4.69) is 32.3 Å². The van der Waals surface area contributed by atoms with Crippen molar-refractivity contribution in [1.29, 1.82) is 0 Å². The summed E-state index contributed by atoms with van der Waals surface area (Å²) >= 11 is 3.28. The molecule has 6 heteroatoms. The van der Waals surface area contributed by atoms with Crippen LogP contribution in [-0.4, -0.2) is 28.5 Å². The Labute approximate surface area is 114 Å². The van der Waals surface area contributed by atoms with Crippen molar-refractivity contribution in [2.45, 2.75) is 32.0 Å². The van der Waals surface area contributed by atoms with Crippen LogP contribution in [0.4, 0.5) is 5.69 Å². The lowest BCUT2D eigenvalue weighted by atomic mass is 10.1. The second-order valence-corrected chi connectivity index (χ2v) is 4.95. The molecule has 0 aliphatic carbocycles. The highest BCUT2D eigenvalue weighted by molar-refractivity contribution is 9.10. The number of hydrogen-bond donors (Lipinski definition) is 1. The topological polar surface area (TPSA) is 56.1 Å². The molecule has 1 saturated heterocycles. The minimum absolute atomic E-state index is 0.130. The summed E-state index contributed by atoms with van der Waals surface area (Å²) in [6.45, 7) is 2.91. The van der Waals surface area contributed by atoms with Crippen molar-refractivity contribution in [2.75, 3.05) is 11.9 Å². The summed E-state index contributed by atoms with van der Waals surface area (Å²) < 4.78 is 7.15. The van der Waals surface area contributed by atoms with Gasteiger partial charge in [0.1, 0.15) is 11.0 Å². The molecule has 2 rings (SSSR count). The molecule has 96 valence electrons. The molecule has 0 radical (unpaired) electrons. The number of nitrogens with zero attached hydrogens (tertiary/aromatic N) is 2. The van der Waals surface area contributed by atoms with E-state index in [1.54, 1.807) is 6.20 Å². The quantitative estimate of drug-likeness (QED) is 0.853. The van der Waals surface area contributed by atoms with E-state index >= 15 is 0 Å². The third kappa shape index (κ3) is 2.57. The molecular formula is C12H14BrN3O2. The monoisotopic (exact) mass is 311 g/mol. The molecule has 1 N–H and O–H groups in total. The van der Waals surface area contributed by atoms with Gasteiger partial charge in [-0.15, -0.1) is 6.42 Å². The Morgan fingerprint density at radius 1 is 1.78 bits per heavy atom. The summed E-state index contributed by atoms with van der Waals surface area (Å²) in [5.41, 5.74) is 0.445. The van der Waals surface area contributed by atoms with Gasteiger partial charge < -0.3 is 10.1 Å². The fourth-order valence-corrected chi connectivity index (χ4v) is 2.31. The van der Waals surface area contributed by atoms with Crippen LogP contribution in [0, 0.1) is 12.3 Å². The molecule has 1 aliphatic heterocycles. The average Bonchev–Trinajstić information content (AvgIpc) is 2.75. The summed E-state index contributed by atoms with van der Waals surface area (Å²) in [6, 6.07) is 0.200. The molecule has 1 aromatic rings. The van der Waals surface area contributed by atoms with E-state index in [0.29, 0.717) is 10.2 Å². The fourth-order valence-electron chi connectivity index (χ4n) is 1.89. The maximum atomic E-state index is 11.9. The summed E-state index contributed by atoms with van der Waals surface area (Å²) in [4.78, 5) is 11.9. The van der Waals surface area contributed by atoms with Gasteiger partial charge in [0.2, 0.25) is 0 Å². The molecule has 2 unspecified atom stereocenters.